The Balaban J connectivity index is 1.37. The molecule has 3 aromatic heterocycles. The number of nitriles is 1. The van der Waals surface area contributed by atoms with Gasteiger partial charge in [0.2, 0.25) is 5.95 Å². The summed E-state index contributed by atoms with van der Waals surface area (Å²) in [6.07, 6.45) is 11.4. The lowest BCUT2D eigenvalue weighted by molar-refractivity contribution is 0.301. The van der Waals surface area contributed by atoms with Gasteiger partial charge in [-0.3, -0.25) is 0 Å². The Morgan fingerprint density at radius 3 is 2.48 bits per heavy atom. The summed E-state index contributed by atoms with van der Waals surface area (Å²) in [5, 5.41) is 9.19. The van der Waals surface area contributed by atoms with Gasteiger partial charge in [0.15, 0.2) is 5.03 Å². The van der Waals surface area contributed by atoms with Gasteiger partial charge in [0, 0.05) is 77.3 Å². The lowest BCUT2D eigenvalue weighted by atomic mass is 9.97. The van der Waals surface area contributed by atoms with Gasteiger partial charge in [-0.25, -0.2) is 32.7 Å². The second-order valence-electron chi connectivity index (χ2n) is 10.4. The molecular formula is C28H33FN10O2S. The molecule has 0 aliphatic carbocycles. The molecule has 14 heteroatoms. The van der Waals surface area contributed by atoms with Crippen molar-refractivity contribution in [2.45, 2.75) is 24.4 Å². The number of aromatic nitrogens is 6. The van der Waals surface area contributed by atoms with Gasteiger partial charge in [-0.1, -0.05) is 0 Å². The molecule has 12 nitrogen and oxygen atoms in total. The number of nitrogens with zero attached hydrogens (tertiary/aromatic N) is 10. The lowest BCUT2D eigenvalue weighted by Gasteiger charge is -2.35. The van der Waals surface area contributed by atoms with Crippen LogP contribution < -0.4 is 9.80 Å². The minimum absolute atomic E-state index is 0.0114. The molecule has 0 N–H and O–H groups in total. The summed E-state index contributed by atoms with van der Waals surface area (Å²) in [4.78, 5) is 21.0. The van der Waals surface area contributed by atoms with E-state index in [4.69, 9.17) is 0 Å². The van der Waals surface area contributed by atoms with Crippen molar-refractivity contribution in [3.63, 3.8) is 0 Å². The highest BCUT2D eigenvalue weighted by molar-refractivity contribution is 7.89. The van der Waals surface area contributed by atoms with Crippen LogP contribution in [0.4, 0.5) is 16.0 Å². The Bertz CT molecular complexity index is 1640. The monoisotopic (exact) mass is 592 g/mol. The minimum atomic E-state index is -3.91. The average Bonchev–Trinajstić information content (AvgIpc) is 3.63. The van der Waals surface area contributed by atoms with E-state index in [1.54, 1.807) is 48.7 Å². The molecule has 42 heavy (non-hydrogen) atoms. The Hall–Kier alpha value is -4.35. The number of rotatable bonds is 11. The van der Waals surface area contributed by atoms with Crippen LogP contribution in [-0.2, 0) is 30.7 Å². The van der Waals surface area contributed by atoms with Crippen molar-refractivity contribution >= 4 is 21.7 Å². The average molecular weight is 593 g/mol. The van der Waals surface area contributed by atoms with Crippen LogP contribution in [0.25, 0.3) is 0 Å². The molecule has 0 atom stereocenters. The van der Waals surface area contributed by atoms with E-state index in [2.05, 4.69) is 24.8 Å². The predicted molar refractivity (Wildman–Crippen MR) is 154 cm³/mol. The van der Waals surface area contributed by atoms with Crippen molar-refractivity contribution in [2.75, 3.05) is 42.5 Å². The molecule has 0 bridgehead atoms. The smallest absolute Gasteiger partial charge is 0.262 e. The van der Waals surface area contributed by atoms with E-state index in [-0.39, 0.29) is 29.6 Å². The number of imidazole rings is 2. The molecule has 5 rings (SSSR count). The minimum Gasteiger partial charge on any atom is -0.364 e. The van der Waals surface area contributed by atoms with Crippen LogP contribution in [0.1, 0.15) is 24.1 Å². The number of sulfonamides is 1. The number of halogens is 1. The molecule has 1 aliphatic rings. The van der Waals surface area contributed by atoms with Crippen LogP contribution in [0, 0.1) is 23.1 Å². The van der Waals surface area contributed by atoms with Crippen LogP contribution in [0.5, 0.6) is 0 Å². The molecule has 0 radical (unpaired) electrons. The highest BCUT2D eigenvalue weighted by atomic mass is 32.2. The highest BCUT2D eigenvalue weighted by Crippen LogP contribution is 2.25. The molecule has 1 aliphatic heterocycles. The zero-order chi connectivity index (χ0) is 29.7. The molecule has 1 fully saturated rings. The SMILES string of the molecule is Cn1cnc(S(=O)(=O)N(CCN(Cc2cncn2C)c2ccc(C#N)c(F)c2)CC2CCN(c3ncccn3)CC2)c1. The summed E-state index contributed by atoms with van der Waals surface area (Å²) < 4.78 is 47.3. The summed E-state index contributed by atoms with van der Waals surface area (Å²) in [6, 6.07) is 8.06. The third-order valence-electron chi connectivity index (χ3n) is 7.52. The third-order valence-corrected chi connectivity index (χ3v) is 9.27. The summed E-state index contributed by atoms with van der Waals surface area (Å²) in [7, 11) is -0.316. The summed E-state index contributed by atoms with van der Waals surface area (Å²) >= 11 is 0. The number of benzene rings is 1. The number of hydrogen-bond donors (Lipinski definition) is 0. The first-order valence-corrected chi connectivity index (χ1v) is 15.1. The molecular weight excluding hydrogens is 559 g/mol. The molecule has 0 unspecified atom stereocenters. The zero-order valence-corrected chi connectivity index (χ0v) is 24.4. The standard InChI is InChI=1S/C28H33FN10O2S/c1-35-19-27(34-21-35)42(40,41)39(17-22-6-10-37(11-7-22)28-32-8-3-9-33-28)13-12-38(18-25-16-31-20-36(25)2)24-5-4-23(15-30)26(29)14-24/h3-5,8-9,14,16,19-22H,6-7,10-13,17-18H2,1-2H3. The molecule has 0 spiro atoms. The Kier molecular flexibility index (Phi) is 8.79. The van der Waals surface area contributed by atoms with Gasteiger partial charge in [-0.05, 0) is 43.0 Å². The van der Waals surface area contributed by atoms with Crippen LogP contribution in [0.3, 0.4) is 0 Å². The van der Waals surface area contributed by atoms with E-state index in [1.807, 2.05) is 22.6 Å². The van der Waals surface area contributed by atoms with E-state index in [9.17, 15) is 18.1 Å². The van der Waals surface area contributed by atoms with E-state index < -0.39 is 15.8 Å². The molecule has 220 valence electrons. The van der Waals surface area contributed by atoms with Crippen LogP contribution in [0.15, 0.2) is 66.7 Å². The van der Waals surface area contributed by atoms with Gasteiger partial charge in [0.1, 0.15) is 11.9 Å². The number of piperidine rings is 1. The molecule has 1 aromatic carbocycles. The fourth-order valence-corrected chi connectivity index (χ4v) is 6.55. The van der Waals surface area contributed by atoms with Crippen molar-refractivity contribution < 1.29 is 12.8 Å². The summed E-state index contributed by atoms with van der Waals surface area (Å²) in [5.74, 6) is 0.174. The maximum atomic E-state index is 14.6. The Morgan fingerprint density at radius 1 is 1.10 bits per heavy atom. The first-order valence-electron chi connectivity index (χ1n) is 13.6. The zero-order valence-electron chi connectivity index (χ0n) is 23.6. The number of aryl methyl sites for hydroxylation is 2. The summed E-state index contributed by atoms with van der Waals surface area (Å²) in [6.45, 7) is 2.57. The second-order valence-corrected chi connectivity index (χ2v) is 12.3. The number of hydrogen-bond acceptors (Lipinski definition) is 9. The van der Waals surface area contributed by atoms with Crippen molar-refractivity contribution in [3.05, 3.63) is 78.8 Å². The largest absolute Gasteiger partial charge is 0.364 e. The van der Waals surface area contributed by atoms with Gasteiger partial charge in [-0.15, -0.1) is 0 Å². The van der Waals surface area contributed by atoms with Crippen molar-refractivity contribution in [1.29, 1.82) is 5.26 Å². The van der Waals surface area contributed by atoms with Gasteiger partial charge < -0.3 is 18.9 Å². The van der Waals surface area contributed by atoms with Gasteiger partial charge >= 0.3 is 0 Å². The van der Waals surface area contributed by atoms with E-state index >= 15 is 0 Å². The fraction of sp³-hybridized carbons (Fsp3) is 0.393. The Labute approximate surface area is 244 Å². The Morgan fingerprint density at radius 2 is 1.86 bits per heavy atom. The maximum Gasteiger partial charge on any atom is 0.262 e. The van der Waals surface area contributed by atoms with Crippen LogP contribution >= 0.6 is 0 Å². The van der Waals surface area contributed by atoms with E-state index in [0.29, 0.717) is 24.7 Å². The van der Waals surface area contributed by atoms with Gasteiger partial charge in [-0.2, -0.15) is 9.57 Å². The summed E-state index contributed by atoms with van der Waals surface area (Å²) in [5.41, 5.74) is 1.36. The lowest BCUT2D eigenvalue weighted by Crippen LogP contribution is -2.44. The molecule has 4 heterocycles. The topological polar surface area (TPSA) is 129 Å². The molecule has 4 aromatic rings. The van der Waals surface area contributed by atoms with Gasteiger partial charge in [0.25, 0.3) is 10.0 Å². The molecule has 0 amide bonds. The molecule has 1 saturated heterocycles. The van der Waals surface area contributed by atoms with Crippen LogP contribution in [0.2, 0.25) is 0 Å². The fourth-order valence-electron chi connectivity index (χ4n) is 5.08. The van der Waals surface area contributed by atoms with Crippen LogP contribution in [-0.4, -0.2) is 74.5 Å². The first-order chi connectivity index (χ1) is 20.2. The van der Waals surface area contributed by atoms with E-state index in [0.717, 1.165) is 31.6 Å². The predicted octanol–water partition coefficient (Wildman–Crippen LogP) is 2.57. The van der Waals surface area contributed by atoms with Crippen molar-refractivity contribution in [2.24, 2.45) is 20.0 Å². The normalized spacial score (nSPS) is 14.3. The third kappa shape index (κ3) is 6.58. The van der Waals surface area contributed by atoms with Crippen molar-refractivity contribution in [3.8, 4) is 6.07 Å². The van der Waals surface area contributed by atoms with Crippen molar-refractivity contribution in [1.82, 2.24) is 33.4 Å². The number of anilines is 2. The quantitative estimate of drug-likeness (QED) is 0.258. The second kappa shape index (κ2) is 12.7. The highest BCUT2D eigenvalue weighted by Gasteiger charge is 2.31. The van der Waals surface area contributed by atoms with E-state index in [1.165, 1.54) is 29.0 Å². The first kappa shape index (κ1) is 29.2. The van der Waals surface area contributed by atoms with Gasteiger partial charge in [0.05, 0.1) is 30.5 Å². The molecule has 0 saturated carbocycles. The maximum absolute atomic E-state index is 14.6.